The zero-order valence-corrected chi connectivity index (χ0v) is 25.9. The van der Waals surface area contributed by atoms with Crippen molar-refractivity contribution in [2.75, 3.05) is 23.3 Å². The molecule has 7 heteroatoms. The Morgan fingerprint density at radius 3 is 1.83 bits per heavy atom. The third-order valence-corrected chi connectivity index (χ3v) is 8.47. The SMILES string of the molecule is C.CC(=O)N1CCC(=O)c2cc(Cc3ccccc3)cc(Br)c21.O=C1CCNc2c(Br)cc(Cc3ccccc3)cc21. The van der Waals surface area contributed by atoms with Gasteiger partial charge in [-0.05, 0) is 91.2 Å². The maximum absolute atomic E-state index is 12.3. The number of benzene rings is 4. The second kappa shape index (κ2) is 14.1. The summed E-state index contributed by atoms with van der Waals surface area (Å²) < 4.78 is 1.78. The van der Waals surface area contributed by atoms with Gasteiger partial charge < -0.3 is 10.2 Å². The fourth-order valence-electron chi connectivity index (χ4n) is 5.28. The van der Waals surface area contributed by atoms with Crippen LogP contribution in [0.5, 0.6) is 0 Å². The Bertz CT molecular complexity index is 1600. The van der Waals surface area contributed by atoms with Crippen molar-refractivity contribution >= 4 is 60.7 Å². The number of hydrogen-bond donors (Lipinski definition) is 1. The van der Waals surface area contributed by atoms with E-state index in [1.54, 1.807) is 4.90 Å². The van der Waals surface area contributed by atoms with Gasteiger partial charge in [-0.1, -0.05) is 68.1 Å². The standard InChI is InChI=1S/C18H16BrNO2.C16H14BrNO.CH4/c1-12(21)20-8-7-17(22)15-10-14(11-16(19)18(15)20)9-13-5-3-2-4-6-13;17-14-10-12(8-11-4-2-1-3-5-11)9-13-15(19)6-7-18-16(13)14;/h2-6,10-11H,7-9H2,1H3;1-5,9-10,18H,6-8H2;1H4. The second-order valence-corrected chi connectivity index (χ2v) is 12.0. The van der Waals surface area contributed by atoms with Crippen molar-refractivity contribution in [3.63, 3.8) is 0 Å². The first-order valence-corrected chi connectivity index (χ1v) is 15.2. The molecule has 216 valence electrons. The third-order valence-electron chi connectivity index (χ3n) is 7.24. The van der Waals surface area contributed by atoms with Crippen LogP contribution in [0.2, 0.25) is 0 Å². The zero-order chi connectivity index (χ0) is 28.9. The minimum atomic E-state index is -0.0368. The van der Waals surface area contributed by atoms with Gasteiger partial charge in [-0.3, -0.25) is 14.4 Å². The summed E-state index contributed by atoms with van der Waals surface area (Å²) >= 11 is 7.10. The van der Waals surface area contributed by atoms with Gasteiger partial charge in [0, 0.05) is 52.9 Å². The molecule has 42 heavy (non-hydrogen) atoms. The highest BCUT2D eigenvalue weighted by atomic mass is 79.9. The molecular weight excluding hydrogens is 656 g/mol. The van der Waals surface area contributed by atoms with Crippen molar-refractivity contribution in [1.29, 1.82) is 0 Å². The molecule has 0 aliphatic carbocycles. The van der Waals surface area contributed by atoms with E-state index in [-0.39, 0.29) is 24.9 Å². The lowest BCUT2D eigenvalue weighted by Gasteiger charge is -2.29. The predicted octanol–water partition coefficient (Wildman–Crippen LogP) is 8.65. The summed E-state index contributed by atoms with van der Waals surface area (Å²) in [6.45, 7) is 2.71. The van der Waals surface area contributed by atoms with Crippen LogP contribution < -0.4 is 10.2 Å². The first-order valence-electron chi connectivity index (χ1n) is 13.6. The number of rotatable bonds is 4. The summed E-state index contributed by atoms with van der Waals surface area (Å²) in [5.74, 6) is 0.290. The normalized spacial score (nSPS) is 13.5. The van der Waals surface area contributed by atoms with E-state index in [2.05, 4.69) is 67.5 Å². The number of nitrogens with zero attached hydrogens (tertiary/aromatic N) is 1. The maximum Gasteiger partial charge on any atom is 0.223 e. The fourth-order valence-corrected chi connectivity index (χ4v) is 6.65. The number of Topliss-reactive ketones (excluding diaryl/α,β-unsaturated/α-hetero) is 2. The Balaban J connectivity index is 0.000000190. The minimum absolute atomic E-state index is 0. The van der Waals surface area contributed by atoms with Crippen LogP contribution in [0, 0.1) is 0 Å². The van der Waals surface area contributed by atoms with E-state index in [0.717, 1.165) is 50.7 Å². The van der Waals surface area contributed by atoms with Gasteiger partial charge in [0.15, 0.2) is 11.6 Å². The molecule has 4 aromatic rings. The average Bonchev–Trinajstić information content (AvgIpc) is 2.96. The molecule has 0 bridgehead atoms. The van der Waals surface area contributed by atoms with Crippen molar-refractivity contribution < 1.29 is 14.4 Å². The predicted molar refractivity (Wildman–Crippen MR) is 178 cm³/mol. The minimum Gasteiger partial charge on any atom is -0.383 e. The molecule has 1 N–H and O–H groups in total. The van der Waals surface area contributed by atoms with Crippen LogP contribution in [0.1, 0.15) is 70.2 Å². The number of hydrogen-bond acceptors (Lipinski definition) is 4. The topological polar surface area (TPSA) is 66.5 Å². The van der Waals surface area contributed by atoms with Crippen molar-refractivity contribution in [1.82, 2.24) is 0 Å². The molecule has 0 saturated carbocycles. The molecule has 2 aliphatic heterocycles. The molecule has 4 aromatic carbocycles. The van der Waals surface area contributed by atoms with Crippen LogP contribution in [-0.4, -0.2) is 30.6 Å². The molecule has 2 heterocycles. The van der Waals surface area contributed by atoms with E-state index >= 15 is 0 Å². The van der Waals surface area contributed by atoms with Crippen LogP contribution in [0.3, 0.4) is 0 Å². The summed E-state index contributed by atoms with van der Waals surface area (Å²) in [6, 6.07) is 28.5. The van der Waals surface area contributed by atoms with E-state index in [4.69, 9.17) is 0 Å². The second-order valence-electron chi connectivity index (χ2n) is 10.2. The summed E-state index contributed by atoms with van der Waals surface area (Å²) in [5.41, 5.74) is 7.78. The fraction of sp³-hybridized carbons (Fsp3) is 0.229. The molecule has 5 nitrogen and oxygen atoms in total. The molecule has 0 spiro atoms. The van der Waals surface area contributed by atoms with Crippen LogP contribution >= 0.6 is 31.9 Å². The van der Waals surface area contributed by atoms with E-state index in [1.807, 2.05) is 54.6 Å². The smallest absolute Gasteiger partial charge is 0.223 e. The third kappa shape index (κ3) is 7.26. The van der Waals surface area contributed by atoms with E-state index in [1.165, 1.54) is 18.1 Å². The van der Waals surface area contributed by atoms with Crippen LogP contribution in [0.4, 0.5) is 11.4 Å². The average molecular weight is 690 g/mol. The van der Waals surface area contributed by atoms with Gasteiger partial charge in [-0.25, -0.2) is 0 Å². The molecule has 0 saturated heterocycles. The highest BCUT2D eigenvalue weighted by molar-refractivity contribution is 9.11. The number of anilines is 2. The van der Waals surface area contributed by atoms with E-state index in [0.29, 0.717) is 30.6 Å². The quantitative estimate of drug-likeness (QED) is 0.233. The Morgan fingerprint density at radius 2 is 1.26 bits per heavy atom. The number of ketones is 2. The first-order chi connectivity index (χ1) is 19.8. The van der Waals surface area contributed by atoms with E-state index in [9.17, 15) is 14.4 Å². The van der Waals surface area contributed by atoms with Crippen LogP contribution in [-0.2, 0) is 17.6 Å². The molecule has 6 rings (SSSR count). The van der Waals surface area contributed by atoms with Crippen molar-refractivity contribution in [2.24, 2.45) is 0 Å². The number of halogens is 2. The molecule has 0 fully saturated rings. The summed E-state index contributed by atoms with van der Waals surface area (Å²) in [5, 5.41) is 3.28. The van der Waals surface area contributed by atoms with Crippen molar-refractivity contribution in [3.05, 3.63) is 127 Å². The largest absolute Gasteiger partial charge is 0.383 e. The Labute approximate surface area is 264 Å². The van der Waals surface area contributed by atoms with Crippen molar-refractivity contribution in [3.8, 4) is 0 Å². The molecular formula is C35H34Br2N2O3. The van der Waals surface area contributed by atoms with Gasteiger partial charge in [0.2, 0.25) is 5.91 Å². The molecule has 0 radical (unpaired) electrons. The van der Waals surface area contributed by atoms with Gasteiger partial charge >= 0.3 is 0 Å². The number of fused-ring (bicyclic) bond motifs is 2. The molecule has 2 aliphatic rings. The van der Waals surface area contributed by atoms with Gasteiger partial charge in [0.1, 0.15) is 0 Å². The lowest BCUT2D eigenvalue weighted by molar-refractivity contribution is -0.116. The molecule has 0 aromatic heterocycles. The van der Waals surface area contributed by atoms with Crippen molar-refractivity contribution in [2.45, 2.75) is 40.0 Å². The number of carbonyl (C=O) groups excluding carboxylic acids is 3. The number of carbonyl (C=O) groups is 3. The molecule has 1 amide bonds. The Morgan fingerprint density at radius 1 is 0.738 bits per heavy atom. The number of nitrogens with one attached hydrogen (secondary N) is 1. The van der Waals surface area contributed by atoms with E-state index < -0.39 is 0 Å². The highest BCUT2D eigenvalue weighted by Crippen LogP contribution is 2.36. The number of amides is 1. The Kier molecular flexibility index (Phi) is 10.5. The van der Waals surface area contributed by atoms with Crippen LogP contribution in [0.25, 0.3) is 0 Å². The zero-order valence-electron chi connectivity index (χ0n) is 22.8. The molecule has 0 atom stereocenters. The van der Waals surface area contributed by atoms with Gasteiger partial charge in [0.25, 0.3) is 0 Å². The lowest BCUT2D eigenvalue weighted by Crippen LogP contribution is -2.36. The summed E-state index contributed by atoms with van der Waals surface area (Å²) in [7, 11) is 0. The molecule has 0 unspecified atom stereocenters. The monoisotopic (exact) mass is 688 g/mol. The van der Waals surface area contributed by atoms with Gasteiger partial charge in [0.05, 0.1) is 11.4 Å². The lowest BCUT2D eigenvalue weighted by atomic mass is 9.95. The first kappa shape index (κ1) is 31.4. The van der Waals surface area contributed by atoms with Crippen LogP contribution in [0.15, 0.2) is 93.9 Å². The summed E-state index contributed by atoms with van der Waals surface area (Å²) in [4.78, 5) is 37.7. The highest BCUT2D eigenvalue weighted by Gasteiger charge is 2.28. The van der Waals surface area contributed by atoms with Gasteiger partial charge in [-0.2, -0.15) is 0 Å². The Hall–Kier alpha value is -3.55. The summed E-state index contributed by atoms with van der Waals surface area (Å²) in [6.07, 6.45) is 2.57. The van der Waals surface area contributed by atoms with Gasteiger partial charge in [-0.15, -0.1) is 0 Å². The maximum atomic E-state index is 12.3.